The Morgan fingerprint density at radius 3 is 2.30 bits per heavy atom. The molecule has 1 amide bonds. The molecule has 0 saturated carbocycles. The molecule has 0 aliphatic carbocycles. The number of carbonyl (C=O) groups is 2. The zero-order valence-corrected chi connectivity index (χ0v) is 12.2. The highest BCUT2D eigenvalue weighted by Gasteiger charge is 2.18. The first-order chi connectivity index (χ1) is 10.8. The van der Waals surface area contributed by atoms with E-state index in [1.807, 2.05) is 0 Å². The minimum atomic E-state index is -1.12. The monoisotopic (exact) mass is 323 g/mol. The zero-order valence-electron chi connectivity index (χ0n) is 12.2. The highest BCUT2D eigenvalue weighted by Crippen LogP contribution is 2.21. The van der Waals surface area contributed by atoms with Crippen LogP contribution in [0.2, 0.25) is 0 Å². The first-order valence-corrected chi connectivity index (χ1v) is 6.48. The summed E-state index contributed by atoms with van der Waals surface area (Å²) in [6, 6.07) is 5.02. The molecule has 7 heteroatoms. The van der Waals surface area contributed by atoms with Crippen molar-refractivity contribution in [2.75, 3.05) is 12.4 Å². The lowest BCUT2D eigenvalue weighted by molar-refractivity contribution is 0.0595. The maximum Gasteiger partial charge on any atom is 0.340 e. The molecule has 0 bridgehead atoms. The molecule has 0 radical (unpaired) electrons. The van der Waals surface area contributed by atoms with Crippen LogP contribution in [0.4, 0.5) is 18.9 Å². The number of carbonyl (C=O) groups excluding carboxylic acids is 2. The van der Waals surface area contributed by atoms with Crippen molar-refractivity contribution < 1.29 is 27.5 Å². The summed E-state index contributed by atoms with van der Waals surface area (Å²) in [6.07, 6.45) is 0. The summed E-state index contributed by atoms with van der Waals surface area (Å²) < 4.78 is 45.1. The van der Waals surface area contributed by atoms with Crippen molar-refractivity contribution in [1.82, 2.24) is 0 Å². The number of rotatable bonds is 3. The average molecular weight is 323 g/mol. The summed E-state index contributed by atoms with van der Waals surface area (Å²) in [4.78, 5) is 23.4. The van der Waals surface area contributed by atoms with Gasteiger partial charge in [-0.25, -0.2) is 18.0 Å². The molecule has 0 unspecified atom stereocenters. The number of hydrogen-bond donors (Lipinski definition) is 1. The van der Waals surface area contributed by atoms with Crippen LogP contribution in [-0.4, -0.2) is 19.0 Å². The Labute approximate surface area is 129 Å². The molecule has 120 valence electrons. The summed E-state index contributed by atoms with van der Waals surface area (Å²) in [6.45, 7) is 1.53. The second-order valence-electron chi connectivity index (χ2n) is 4.72. The van der Waals surface area contributed by atoms with Crippen molar-refractivity contribution in [3.05, 3.63) is 64.5 Å². The maximum absolute atomic E-state index is 13.7. The van der Waals surface area contributed by atoms with Gasteiger partial charge in [-0.3, -0.25) is 4.79 Å². The van der Waals surface area contributed by atoms with Crippen LogP contribution in [0.5, 0.6) is 0 Å². The summed E-state index contributed by atoms with van der Waals surface area (Å²) in [5, 5.41) is 2.16. The standard InChI is InChI=1S/C16H12F3NO3/c1-8-3-4-9(5-11(8)17)15(21)20-14-6-10(16(22)23-2)12(18)7-13(14)19/h3-7H,1-2H3,(H,20,21). The second-order valence-corrected chi connectivity index (χ2v) is 4.72. The number of anilines is 1. The Bertz CT molecular complexity index is 790. The highest BCUT2D eigenvalue weighted by atomic mass is 19.1. The highest BCUT2D eigenvalue weighted by molar-refractivity contribution is 6.05. The Morgan fingerprint density at radius 1 is 1.00 bits per heavy atom. The van der Waals surface area contributed by atoms with Gasteiger partial charge in [-0.05, 0) is 30.7 Å². The number of ether oxygens (including phenoxy) is 1. The van der Waals surface area contributed by atoms with E-state index in [1.54, 1.807) is 0 Å². The van der Waals surface area contributed by atoms with Crippen LogP contribution in [0.3, 0.4) is 0 Å². The van der Waals surface area contributed by atoms with Crippen LogP contribution in [-0.2, 0) is 4.74 Å². The quantitative estimate of drug-likeness (QED) is 0.880. The van der Waals surface area contributed by atoms with Gasteiger partial charge in [-0.15, -0.1) is 0 Å². The fraction of sp³-hybridized carbons (Fsp3) is 0.125. The zero-order chi connectivity index (χ0) is 17.1. The SMILES string of the molecule is COC(=O)c1cc(NC(=O)c2ccc(C)c(F)c2)c(F)cc1F. The van der Waals surface area contributed by atoms with E-state index in [0.717, 1.165) is 19.2 Å². The molecule has 0 aliphatic heterocycles. The van der Waals surface area contributed by atoms with E-state index in [9.17, 15) is 22.8 Å². The summed E-state index contributed by atoms with van der Waals surface area (Å²) >= 11 is 0. The van der Waals surface area contributed by atoms with Gasteiger partial charge in [-0.2, -0.15) is 0 Å². The molecule has 23 heavy (non-hydrogen) atoms. The third-order valence-corrected chi connectivity index (χ3v) is 3.14. The first kappa shape index (κ1) is 16.5. The number of halogens is 3. The van der Waals surface area contributed by atoms with Crippen molar-refractivity contribution in [3.8, 4) is 0 Å². The molecule has 0 aromatic heterocycles. The van der Waals surface area contributed by atoms with E-state index in [1.165, 1.54) is 19.1 Å². The summed E-state index contributed by atoms with van der Waals surface area (Å²) in [5.74, 6) is -4.60. The van der Waals surface area contributed by atoms with Gasteiger partial charge in [0.1, 0.15) is 17.5 Å². The van der Waals surface area contributed by atoms with Crippen molar-refractivity contribution in [3.63, 3.8) is 0 Å². The van der Waals surface area contributed by atoms with E-state index >= 15 is 0 Å². The van der Waals surface area contributed by atoms with Crippen LogP contribution in [0, 0.1) is 24.4 Å². The minimum absolute atomic E-state index is 0.0450. The molecule has 0 spiro atoms. The van der Waals surface area contributed by atoms with Gasteiger partial charge in [0.2, 0.25) is 0 Å². The minimum Gasteiger partial charge on any atom is -0.465 e. The molecule has 0 fully saturated rings. The number of esters is 1. The Kier molecular flexibility index (Phi) is 4.68. The molecule has 2 aromatic rings. The van der Waals surface area contributed by atoms with Crippen molar-refractivity contribution in [2.45, 2.75) is 6.92 Å². The molecular weight excluding hydrogens is 311 g/mol. The van der Waals surface area contributed by atoms with Crippen LogP contribution in [0.15, 0.2) is 30.3 Å². The van der Waals surface area contributed by atoms with Crippen LogP contribution >= 0.6 is 0 Å². The Hall–Kier alpha value is -2.83. The third kappa shape index (κ3) is 3.50. The van der Waals surface area contributed by atoms with Gasteiger partial charge in [0.25, 0.3) is 5.91 Å². The average Bonchev–Trinajstić information content (AvgIpc) is 2.51. The topological polar surface area (TPSA) is 55.4 Å². The molecule has 0 atom stereocenters. The van der Waals surface area contributed by atoms with E-state index in [-0.39, 0.29) is 5.56 Å². The molecule has 0 saturated heterocycles. The molecule has 2 aromatic carbocycles. The predicted octanol–water partition coefficient (Wildman–Crippen LogP) is 3.45. The van der Waals surface area contributed by atoms with Gasteiger partial charge >= 0.3 is 5.97 Å². The maximum atomic E-state index is 13.7. The Balaban J connectivity index is 2.33. The van der Waals surface area contributed by atoms with Gasteiger partial charge < -0.3 is 10.1 Å². The lowest BCUT2D eigenvalue weighted by atomic mass is 10.1. The largest absolute Gasteiger partial charge is 0.465 e. The number of amides is 1. The van der Waals surface area contributed by atoms with Crippen LogP contribution in [0.1, 0.15) is 26.3 Å². The number of benzene rings is 2. The third-order valence-electron chi connectivity index (χ3n) is 3.14. The van der Waals surface area contributed by atoms with E-state index in [4.69, 9.17) is 0 Å². The molecule has 2 rings (SSSR count). The number of methoxy groups -OCH3 is 1. The molecule has 0 heterocycles. The van der Waals surface area contributed by atoms with Crippen molar-refractivity contribution in [1.29, 1.82) is 0 Å². The molecule has 1 N–H and O–H groups in total. The van der Waals surface area contributed by atoms with Gasteiger partial charge in [0, 0.05) is 11.6 Å². The fourth-order valence-corrected chi connectivity index (χ4v) is 1.84. The molecule has 0 aliphatic rings. The fourth-order valence-electron chi connectivity index (χ4n) is 1.84. The second kappa shape index (κ2) is 6.51. The summed E-state index contributed by atoms with van der Waals surface area (Å²) in [7, 11) is 1.04. The predicted molar refractivity (Wildman–Crippen MR) is 76.8 cm³/mol. The lowest BCUT2D eigenvalue weighted by Crippen LogP contribution is -2.15. The Morgan fingerprint density at radius 2 is 1.70 bits per heavy atom. The van der Waals surface area contributed by atoms with E-state index in [2.05, 4.69) is 10.1 Å². The van der Waals surface area contributed by atoms with Crippen LogP contribution < -0.4 is 5.32 Å². The number of nitrogens with one attached hydrogen (secondary N) is 1. The number of hydrogen-bond acceptors (Lipinski definition) is 3. The normalized spacial score (nSPS) is 10.3. The summed E-state index contributed by atoms with van der Waals surface area (Å²) in [5.41, 5.74) is -0.643. The van der Waals surface area contributed by atoms with E-state index in [0.29, 0.717) is 11.6 Å². The van der Waals surface area contributed by atoms with Crippen molar-refractivity contribution in [2.24, 2.45) is 0 Å². The number of aryl methyl sites for hydroxylation is 1. The van der Waals surface area contributed by atoms with Gasteiger partial charge in [0.05, 0.1) is 18.4 Å². The lowest BCUT2D eigenvalue weighted by Gasteiger charge is -2.09. The van der Waals surface area contributed by atoms with Gasteiger partial charge in [-0.1, -0.05) is 6.07 Å². The van der Waals surface area contributed by atoms with E-state index < -0.39 is 40.6 Å². The first-order valence-electron chi connectivity index (χ1n) is 6.48. The van der Waals surface area contributed by atoms with Gasteiger partial charge in [0.15, 0.2) is 0 Å². The van der Waals surface area contributed by atoms with Crippen LogP contribution in [0.25, 0.3) is 0 Å². The smallest absolute Gasteiger partial charge is 0.340 e. The van der Waals surface area contributed by atoms with Crippen molar-refractivity contribution >= 4 is 17.6 Å². The molecular formula is C16H12F3NO3. The molecule has 4 nitrogen and oxygen atoms in total.